The van der Waals surface area contributed by atoms with E-state index in [-0.39, 0.29) is 5.91 Å². The lowest BCUT2D eigenvalue weighted by atomic mass is 9.82. The van der Waals surface area contributed by atoms with Crippen molar-refractivity contribution >= 4 is 29.2 Å². The molecule has 6 heteroatoms. The summed E-state index contributed by atoms with van der Waals surface area (Å²) in [5, 5.41) is 12.6. The Hall–Kier alpha value is -1.85. The van der Waals surface area contributed by atoms with Crippen LogP contribution >= 0.6 is 11.6 Å². The number of carboxylic acid groups (broad SMARTS) is 1. The van der Waals surface area contributed by atoms with Crippen LogP contribution in [0, 0.1) is 18.8 Å². The summed E-state index contributed by atoms with van der Waals surface area (Å²) in [7, 11) is 0. The number of amides is 1. The molecule has 2 aliphatic heterocycles. The Labute approximate surface area is 126 Å². The SMILES string of the molecule is Cc1ccc(Cl)cc1NC(=O)[C@H]1[C@H](C(=O)O)[C@H]2C=C[C@H]1O2. The van der Waals surface area contributed by atoms with Crippen LogP contribution in [0.5, 0.6) is 0 Å². The van der Waals surface area contributed by atoms with Crippen LogP contribution in [0.4, 0.5) is 5.69 Å². The van der Waals surface area contributed by atoms with Crippen LogP contribution < -0.4 is 5.32 Å². The lowest BCUT2D eigenvalue weighted by molar-refractivity contribution is -0.145. The zero-order valence-corrected chi connectivity index (χ0v) is 12.0. The summed E-state index contributed by atoms with van der Waals surface area (Å²) in [6.45, 7) is 1.85. The molecule has 21 heavy (non-hydrogen) atoms. The van der Waals surface area contributed by atoms with Crippen LogP contribution in [0.25, 0.3) is 0 Å². The standard InChI is InChI=1S/C15H14ClNO4/c1-7-2-3-8(16)6-9(7)17-14(18)12-10-4-5-11(21-10)13(12)15(19)20/h2-6,10-13H,1H3,(H,17,18)(H,19,20)/t10-,11-,12-,13-/m1/s1. The van der Waals surface area contributed by atoms with Gasteiger partial charge < -0.3 is 15.2 Å². The number of ether oxygens (including phenoxy) is 1. The molecular formula is C15H14ClNO4. The molecule has 110 valence electrons. The molecule has 5 nitrogen and oxygen atoms in total. The van der Waals surface area contributed by atoms with E-state index in [9.17, 15) is 14.7 Å². The number of aliphatic carboxylic acids is 1. The molecule has 3 rings (SSSR count). The van der Waals surface area contributed by atoms with Gasteiger partial charge >= 0.3 is 5.97 Å². The van der Waals surface area contributed by atoms with Crippen LogP contribution in [0.2, 0.25) is 5.02 Å². The van der Waals surface area contributed by atoms with Gasteiger partial charge in [0.05, 0.1) is 18.1 Å². The van der Waals surface area contributed by atoms with Gasteiger partial charge in [-0.3, -0.25) is 9.59 Å². The van der Waals surface area contributed by atoms with Crippen molar-refractivity contribution in [1.29, 1.82) is 0 Å². The van der Waals surface area contributed by atoms with Crippen molar-refractivity contribution in [3.8, 4) is 0 Å². The van der Waals surface area contributed by atoms with E-state index in [0.29, 0.717) is 10.7 Å². The molecule has 0 aliphatic carbocycles. The monoisotopic (exact) mass is 307 g/mol. The maximum absolute atomic E-state index is 12.5. The smallest absolute Gasteiger partial charge is 0.310 e. The zero-order chi connectivity index (χ0) is 15.1. The molecule has 2 heterocycles. The Morgan fingerprint density at radius 1 is 1.24 bits per heavy atom. The van der Waals surface area contributed by atoms with E-state index in [1.807, 2.05) is 6.92 Å². The average Bonchev–Trinajstić information content (AvgIpc) is 3.03. The molecule has 2 bridgehead atoms. The number of fused-ring (bicyclic) bond motifs is 2. The lowest BCUT2D eigenvalue weighted by Gasteiger charge is -2.21. The molecule has 0 radical (unpaired) electrons. The van der Waals surface area contributed by atoms with Gasteiger partial charge in [-0.15, -0.1) is 0 Å². The maximum Gasteiger partial charge on any atom is 0.310 e. The number of carbonyl (C=O) groups is 2. The molecule has 1 saturated heterocycles. The first-order valence-corrected chi connectivity index (χ1v) is 6.99. The minimum Gasteiger partial charge on any atom is -0.481 e. The number of hydrogen-bond acceptors (Lipinski definition) is 3. The molecular weight excluding hydrogens is 294 g/mol. The molecule has 1 aromatic rings. The van der Waals surface area contributed by atoms with Gasteiger partial charge in [-0.25, -0.2) is 0 Å². The number of benzene rings is 1. The maximum atomic E-state index is 12.5. The molecule has 0 saturated carbocycles. The lowest BCUT2D eigenvalue weighted by Crippen LogP contribution is -2.39. The third-order valence-electron chi connectivity index (χ3n) is 3.94. The highest BCUT2D eigenvalue weighted by atomic mass is 35.5. The predicted octanol–water partition coefficient (Wildman–Crippen LogP) is 2.24. The van der Waals surface area contributed by atoms with Gasteiger partial charge in [0.2, 0.25) is 5.91 Å². The first-order chi connectivity index (χ1) is 9.97. The Balaban J connectivity index is 1.83. The fourth-order valence-electron chi connectivity index (χ4n) is 2.86. The highest BCUT2D eigenvalue weighted by Gasteiger charge is 2.53. The summed E-state index contributed by atoms with van der Waals surface area (Å²) in [5.41, 5.74) is 1.45. The Bertz CT molecular complexity index is 643. The highest BCUT2D eigenvalue weighted by Crippen LogP contribution is 2.40. The number of carbonyl (C=O) groups excluding carboxylic acids is 1. The zero-order valence-electron chi connectivity index (χ0n) is 11.2. The number of hydrogen-bond donors (Lipinski definition) is 2. The average molecular weight is 308 g/mol. The van der Waals surface area contributed by atoms with Gasteiger partial charge in [0.15, 0.2) is 0 Å². The summed E-state index contributed by atoms with van der Waals surface area (Å²) < 4.78 is 5.49. The number of halogens is 1. The van der Waals surface area contributed by atoms with Crippen molar-refractivity contribution in [3.63, 3.8) is 0 Å². The second-order valence-electron chi connectivity index (χ2n) is 5.29. The van der Waals surface area contributed by atoms with E-state index in [1.165, 1.54) is 0 Å². The van der Waals surface area contributed by atoms with Crippen molar-refractivity contribution in [2.45, 2.75) is 19.1 Å². The molecule has 1 amide bonds. The van der Waals surface area contributed by atoms with Crippen LogP contribution in [-0.4, -0.2) is 29.2 Å². The molecule has 2 aliphatic rings. The van der Waals surface area contributed by atoms with Crippen LogP contribution in [-0.2, 0) is 14.3 Å². The molecule has 4 atom stereocenters. The molecule has 2 N–H and O–H groups in total. The minimum absolute atomic E-state index is 0.357. The molecule has 0 spiro atoms. The van der Waals surface area contributed by atoms with Gasteiger partial charge in [0.1, 0.15) is 5.92 Å². The summed E-state index contributed by atoms with van der Waals surface area (Å²) in [6.07, 6.45) is 2.45. The van der Waals surface area contributed by atoms with Gasteiger partial charge in [-0.1, -0.05) is 29.8 Å². The summed E-state index contributed by atoms with van der Waals surface area (Å²) >= 11 is 5.92. The van der Waals surface area contributed by atoms with E-state index in [1.54, 1.807) is 30.4 Å². The van der Waals surface area contributed by atoms with Crippen molar-refractivity contribution in [3.05, 3.63) is 40.9 Å². The summed E-state index contributed by atoms with van der Waals surface area (Å²) in [6, 6.07) is 5.17. The number of rotatable bonds is 3. The van der Waals surface area contributed by atoms with Crippen LogP contribution in [0.15, 0.2) is 30.4 Å². The Kier molecular flexibility index (Phi) is 3.47. The van der Waals surface area contributed by atoms with E-state index in [2.05, 4.69) is 5.32 Å². The van der Waals surface area contributed by atoms with Crippen molar-refractivity contribution in [2.75, 3.05) is 5.32 Å². The van der Waals surface area contributed by atoms with Crippen molar-refractivity contribution in [2.24, 2.45) is 11.8 Å². The number of anilines is 1. The normalized spacial score (nSPS) is 29.6. The fourth-order valence-corrected chi connectivity index (χ4v) is 3.03. The Morgan fingerprint density at radius 3 is 2.57 bits per heavy atom. The number of carboxylic acids is 1. The number of aryl methyl sites for hydroxylation is 1. The summed E-state index contributed by atoms with van der Waals surface area (Å²) in [5.74, 6) is -2.95. The highest BCUT2D eigenvalue weighted by molar-refractivity contribution is 6.31. The third kappa shape index (κ3) is 2.43. The quantitative estimate of drug-likeness (QED) is 0.840. The van der Waals surface area contributed by atoms with E-state index >= 15 is 0 Å². The van der Waals surface area contributed by atoms with Crippen LogP contribution in [0.3, 0.4) is 0 Å². The minimum atomic E-state index is -1.02. The van der Waals surface area contributed by atoms with E-state index in [0.717, 1.165) is 5.56 Å². The van der Waals surface area contributed by atoms with E-state index < -0.39 is 30.0 Å². The van der Waals surface area contributed by atoms with Gasteiger partial charge in [0.25, 0.3) is 0 Å². The predicted molar refractivity (Wildman–Crippen MR) is 77.2 cm³/mol. The first-order valence-electron chi connectivity index (χ1n) is 6.61. The molecule has 0 aromatic heterocycles. The Morgan fingerprint density at radius 2 is 1.90 bits per heavy atom. The van der Waals surface area contributed by atoms with Crippen molar-refractivity contribution in [1.82, 2.24) is 0 Å². The second kappa shape index (κ2) is 5.16. The van der Waals surface area contributed by atoms with Crippen LogP contribution in [0.1, 0.15) is 5.56 Å². The van der Waals surface area contributed by atoms with Crippen molar-refractivity contribution < 1.29 is 19.4 Å². The fraction of sp³-hybridized carbons (Fsp3) is 0.333. The summed E-state index contributed by atoms with van der Waals surface area (Å²) in [4.78, 5) is 23.8. The van der Waals surface area contributed by atoms with Gasteiger partial charge in [-0.2, -0.15) is 0 Å². The van der Waals surface area contributed by atoms with Gasteiger partial charge in [0, 0.05) is 10.7 Å². The topological polar surface area (TPSA) is 75.6 Å². The molecule has 0 unspecified atom stereocenters. The molecule has 1 fully saturated rings. The van der Waals surface area contributed by atoms with E-state index in [4.69, 9.17) is 16.3 Å². The number of nitrogens with one attached hydrogen (secondary N) is 1. The third-order valence-corrected chi connectivity index (χ3v) is 4.18. The second-order valence-corrected chi connectivity index (χ2v) is 5.72. The first kappa shape index (κ1) is 14.1. The van der Waals surface area contributed by atoms with Gasteiger partial charge in [-0.05, 0) is 24.6 Å². The molecule has 1 aromatic carbocycles. The largest absolute Gasteiger partial charge is 0.481 e.